The van der Waals surface area contributed by atoms with Gasteiger partial charge in [0.1, 0.15) is 0 Å². The molecule has 4 nitrogen and oxygen atoms in total. The Morgan fingerprint density at radius 1 is 1.16 bits per heavy atom. The van der Waals surface area contributed by atoms with Gasteiger partial charge in [-0.05, 0) is 48.9 Å². The first-order valence-electron chi connectivity index (χ1n) is 9.32. The van der Waals surface area contributed by atoms with Gasteiger partial charge in [0.2, 0.25) is 0 Å². The third kappa shape index (κ3) is 4.60. The van der Waals surface area contributed by atoms with Crippen LogP contribution in [0.1, 0.15) is 45.4 Å². The van der Waals surface area contributed by atoms with Crippen molar-refractivity contribution in [3.63, 3.8) is 0 Å². The Bertz CT molecular complexity index is 638. The number of anilines is 2. The molecule has 1 fully saturated rings. The number of carbonyl (C=O) groups is 1. The number of hydrogen-bond acceptors (Lipinski definition) is 3. The molecule has 2 aromatic rings. The standard InChI is InChI=1S/C20H27N3OS/c1-2-22(18-10-13-21-14-11-18)20(24)23(19-9-6-16-25-19)15-12-17-7-4-3-5-8-17/h6,9-11,13-14,16-17H,2-5,7-8,12,15H2,1H3. The van der Waals surface area contributed by atoms with E-state index in [1.165, 1.54) is 32.1 Å². The van der Waals surface area contributed by atoms with Gasteiger partial charge in [0.15, 0.2) is 0 Å². The molecule has 0 atom stereocenters. The lowest BCUT2D eigenvalue weighted by Gasteiger charge is -2.31. The lowest BCUT2D eigenvalue weighted by Crippen LogP contribution is -2.44. The van der Waals surface area contributed by atoms with Crippen molar-refractivity contribution >= 4 is 28.1 Å². The van der Waals surface area contributed by atoms with Gasteiger partial charge >= 0.3 is 6.03 Å². The van der Waals surface area contributed by atoms with Crippen LogP contribution in [0.15, 0.2) is 42.0 Å². The molecule has 0 radical (unpaired) electrons. The van der Waals surface area contributed by atoms with Crippen LogP contribution in [0.4, 0.5) is 15.5 Å². The predicted octanol–water partition coefficient (Wildman–Crippen LogP) is 5.57. The van der Waals surface area contributed by atoms with Gasteiger partial charge in [-0.1, -0.05) is 32.1 Å². The number of carbonyl (C=O) groups excluding carboxylic acids is 1. The highest BCUT2D eigenvalue weighted by Crippen LogP contribution is 2.29. The van der Waals surface area contributed by atoms with Crippen molar-refractivity contribution in [3.05, 3.63) is 42.0 Å². The van der Waals surface area contributed by atoms with Gasteiger partial charge in [0.25, 0.3) is 0 Å². The van der Waals surface area contributed by atoms with E-state index in [0.29, 0.717) is 6.54 Å². The first kappa shape index (κ1) is 17.9. The molecule has 0 bridgehead atoms. The van der Waals surface area contributed by atoms with Gasteiger partial charge in [0, 0.05) is 31.2 Å². The summed E-state index contributed by atoms with van der Waals surface area (Å²) in [5.74, 6) is 0.764. The minimum Gasteiger partial charge on any atom is -0.294 e. The maximum atomic E-state index is 13.3. The van der Waals surface area contributed by atoms with E-state index in [2.05, 4.69) is 4.98 Å². The van der Waals surface area contributed by atoms with E-state index in [9.17, 15) is 4.79 Å². The molecule has 0 saturated heterocycles. The van der Waals surface area contributed by atoms with Crippen LogP contribution in [0, 0.1) is 5.92 Å². The summed E-state index contributed by atoms with van der Waals surface area (Å²) in [4.78, 5) is 21.1. The minimum atomic E-state index is 0.0620. The van der Waals surface area contributed by atoms with E-state index in [1.807, 2.05) is 46.4 Å². The van der Waals surface area contributed by atoms with Crippen molar-refractivity contribution in [3.8, 4) is 0 Å². The SMILES string of the molecule is CCN(C(=O)N(CCC1CCCCC1)c1cccs1)c1ccncc1. The van der Waals surface area contributed by atoms with Gasteiger partial charge in [-0.2, -0.15) is 0 Å². The van der Waals surface area contributed by atoms with Crippen LogP contribution in [0.3, 0.4) is 0 Å². The quantitative estimate of drug-likeness (QED) is 0.678. The summed E-state index contributed by atoms with van der Waals surface area (Å²) in [5, 5.41) is 3.08. The molecule has 3 rings (SSSR count). The molecule has 1 aliphatic carbocycles. The second kappa shape index (κ2) is 8.99. The fourth-order valence-electron chi connectivity index (χ4n) is 3.61. The molecule has 0 N–H and O–H groups in total. The normalized spacial score (nSPS) is 15.1. The molecule has 2 amide bonds. The number of rotatable bonds is 6. The van der Waals surface area contributed by atoms with E-state index >= 15 is 0 Å². The van der Waals surface area contributed by atoms with Gasteiger partial charge in [0.05, 0.1) is 5.00 Å². The highest BCUT2D eigenvalue weighted by Gasteiger charge is 2.24. The van der Waals surface area contributed by atoms with E-state index in [4.69, 9.17) is 0 Å². The van der Waals surface area contributed by atoms with Crippen molar-refractivity contribution in [1.82, 2.24) is 4.98 Å². The molecule has 2 aromatic heterocycles. The number of pyridine rings is 1. The van der Waals surface area contributed by atoms with E-state index in [-0.39, 0.29) is 6.03 Å². The van der Waals surface area contributed by atoms with Crippen LogP contribution in [0.5, 0.6) is 0 Å². The fraction of sp³-hybridized carbons (Fsp3) is 0.500. The van der Waals surface area contributed by atoms with E-state index < -0.39 is 0 Å². The molecule has 0 spiro atoms. The van der Waals surface area contributed by atoms with Crippen LogP contribution in [0.2, 0.25) is 0 Å². The van der Waals surface area contributed by atoms with Crippen LogP contribution in [-0.2, 0) is 0 Å². The summed E-state index contributed by atoms with van der Waals surface area (Å²) >= 11 is 1.64. The molecular formula is C20H27N3OS. The maximum absolute atomic E-state index is 13.3. The van der Waals surface area contributed by atoms with Crippen molar-refractivity contribution in [2.75, 3.05) is 22.9 Å². The average molecular weight is 358 g/mol. The Morgan fingerprint density at radius 3 is 2.56 bits per heavy atom. The lowest BCUT2D eigenvalue weighted by atomic mass is 9.87. The zero-order valence-electron chi connectivity index (χ0n) is 14.9. The highest BCUT2D eigenvalue weighted by atomic mass is 32.1. The molecule has 1 aliphatic rings. The van der Waals surface area contributed by atoms with Crippen molar-refractivity contribution < 1.29 is 4.79 Å². The topological polar surface area (TPSA) is 36.4 Å². The van der Waals surface area contributed by atoms with Gasteiger partial charge < -0.3 is 0 Å². The summed E-state index contributed by atoms with van der Waals surface area (Å²) in [6.07, 6.45) is 11.3. The van der Waals surface area contributed by atoms with E-state index in [0.717, 1.165) is 29.6 Å². The molecule has 134 valence electrons. The average Bonchev–Trinajstić information content (AvgIpc) is 3.19. The first-order valence-corrected chi connectivity index (χ1v) is 10.2. The minimum absolute atomic E-state index is 0.0620. The smallest absolute Gasteiger partial charge is 0.294 e. The van der Waals surface area contributed by atoms with Crippen LogP contribution in [0.25, 0.3) is 0 Å². The summed E-state index contributed by atoms with van der Waals surface area (Å²) in [5.41, 5.74) is 0.904. The summed E-state index contributed by atoms with van der Waals surface area (Å²) in [6.45, 7) is 3.46. The van der Waals surface area contributed by atoms with Crippen LogP contribution in [-0.4, -0.2) is 24.1 Å². The molecule has 0 unspecified atom stereocenters. The van der Waals surface area contributed by atoms with Crippen LogP contribution >= 0.6 is 11.3 Å². The molecule has 5 heteroatoms. The van der Waals surface area contributed by atoms with Crippen LogP contribution < -0.4 is 9.80 Å². The number of amides is 2. The number of nitrogens with zero attached hydrogens (tertiary/aromatic N) is 3. The van der Waals surface area contributed by atoms with E-state index in [1.54, 1.807) is 23.7 Å². The van der Waals surface area contributed by atoms with Gasteiger partial charge in [-0.3, -0.25) is 14.8 Å². The van der Waals surface area contributed by atoms with Gasteiger partial charge in [-0.15, -0.1) is 11.3 Å². The molecule has 25 heavy (non-hydrogen) atoms. The van der Waals surface area contributed by atoms with Crippen molar-refractivity contribution in [2.24, 2.45) is 5.92 Å². The third-order valence-electron chi connectivity index (χ3n) is 5.01. The Kier molecular flexibility index (Phi) is 6.45. The molecule has 1 saturated carbocycles. The largest absolute Gasteiger partial charge is 0.329 e. The summed E-state index contributed by atoms with van der Waals surface area (Å²) in [7, 11) is 0. The summed E-state index contributed by atoms with van der Waals surface area (Å²) in [6, 6.07) is 7.92. The second-order valence-electron chi connectivity index (χ2n) is 6.63. The number of thiophene rings is 1. The number of urea groups is 1. The molecule has 2 heterocycles. The number of aromatic nitrogens is 1. The lowest BCUT2D eigenvalue weighted by molar-refractivity contribution is 0.250. The molecule has 0 aromatic carbocycles. The van der Waals surface area contributed by atoms with Crippen molar-refractivity contribution in [2.45, 2.75) is 45.4 Å². The zero-order chi connectivity index (χ0) is 17.5. The highest BCUT2D eigenvalue weighted by molar-refractivity contribution is 7.14. The Morgan fingerprint density at radius 2 is 1.92 bits per heavy atom. The predicted molar refractivity (Wildman–Crippen MR) is 106 cm³/mol. The number of hydrogen-bond donors (Lipinski definition) is 0. The van der Waals surface area contributed by atoms with Crippen molar-refractivity contribution in [1.29, 1.82) is 0 Å². The first-order chi connectivity index (χ1) is 12.3. The summed E-state index contributed by atoms with van der Waals surface area (Å²) < 4.78 is 0. The Labute approximate surface area is 154 Å². The Balaban J connectivity index is 1.74. The fourth-order valence-corrected chi connectivity index (χ4v) is 4.36. The second-order valence-corrected chi connectivity index (χ2v) is 7.55. The molecule has 0 aliphatic heterocycles. The Hall–Kier alpha value is -1.88. The third-order valence-corrected chi connectivity index (χ3v) is 5.90. The zero-order valence-corrected chi connectivity index (χ0v) is 15.8. The molecular weight excluding hydrogens is 330 g/mol. The van der Waals surface area contributed by atoms with Gasteiger partial charge in [-0.25, -0.2) is 4.79 Å². The monoisotopic (exact) mass is 357 g/mol. The maximum Gasteiger partial charge on any atom is 0.329 e.